The van der Waals surface area contributed by atoms with Gasteiger partial charge in [0.1, 0.15) is 5.69 Å². The zero-order valence-corrected chi connectivity index (χ0v) is 14.4. The number of benzene rings is 1. The van der Waals surface area contributed by atoms with Crippen LogP contribution in [0.2, 0.25) is 0 Å². The number of rotatable bonds is 3. The number of nitrogens with one attached hydrogen (secondary N) is 1. The van der Waals surface area contributed by atoms with Crippen LogP contribution in [-0.2, 0) is 6.18 Å². The van der Waals surface area contributed by atoms with Gasteiger partial charge in [-0.3, -0.25) is 9.78 Å². The van der Waals surface area contributed by atoms with Crippen LogP contribution in [0, 0.1) is 5.92 Å². The Morgan fingerprint density at radius 1 is 1.27 bits per heavy atom. The van der Waals surface area contributed by atoms with Crippen molar-refractivity contribution in [3.63, 3.8) is 0 Å². The van der Waals surface area contributed by atoms with Gasteiger partial charge in [0.2, 0.25) is 0 Å². The van der Waals surface area contributed by atoms with Gasteiger partial charge < -0.3 is 10.2 Å². The lowest BCUT2D eigenvalue weighted by Gasteiger charge is -2.32. The Kier molecular flexibility index (Phi) is 5.15. The van der Waals surface area contributed by atoms with E-state index < -0.39 is 17.6 Å². The van der Waals surface area contributed by atoms with Gasteiger partial charge in [0.05, 0.1) is 5.56 Å². The molecule has 1 aliphatic rings. The Hall–Kier alpha value is -2.57. The molecule has 7 heteroatoms. The molecular formula is C19H20F3N3O. The van der Waals surface area contributed by atoms with Crippen molar-refractivity contribution in [3.8, 4) is 0 Å². The van der Waals surface area contributed by atoms with Crippen molar-refractivity contribution >= 4 is 17.3 Å². The van der Waals surface area contributed by atoms with Crippen LogP contribution in [0.1, 0.15) is 35.8 Å². The van der Waals surface area contributed by atoms with Crippen molar-refractivity contribution in [1.82, 2.24) is 4.98 Å². The number of carbonyl (C=O) groups excluding carboxylic acids is 1. The van der Waals surface area contributed by atoms with Crippen LogP contribution in [0.5, 0.6) is 0 Å². The maximum absolute atomic E-state index is 12.8. The van der Waals surface area contributed by atoms with Gasteiger partial charge in [-0.05, 0) is 49.1 Å². The first-order valence-electron chi connectivity index (χ1n) is 8.52. The topological polar surface area (TPSA) is 45.2 Å². The van der Waals surface area contributed by atoms with Crippen LogP contribution in [0.4, 0.5) is 24.5 Å². The molecule has 1 aromatic carbocycles. The lowest BCUT2D eigenvalue weighted by atomic mass is 10.00. The highest BCUT2D eigenvalue weighted by Crippen LogP contribution is 2.30. The first-order chi connectivity index (χ1) is 12.3. The summed E-state index contributed by atoms with van der Waals surface area (Å²) in [7, 11) is 0. The Morgan fingerprint density at radius 2 is 2.08 bits per heavy atom. The molecule has 0 bridgehead atoms. The number of hydrogen-bond acceptors (Lipinski definition) is 3. The van der Waals surface area contributed by atoms with E-state index in [1.54, 1.807) is 12.3 Å². The average molecular weight is 363 g/mol. The molecule has 1 atom stereocenters. The summed E-state index contributed by atoms with van der Waals surface area (Å²) >= 11 is 0. The van der Waals surface area contributed by atoms with E-state index in [9.17, 15) is 18.0 Å². The maximum Gasteiger partial charge on any atom is 0.416 e. The zero-order chi connectivity index (χ0) is 18.7. The van der Waals surface area contributed by atoms with Crippen molar-refractivity contribution < 1.29 is 18.0 Å². The molecule has 1 N–H and O–H groups in total. The van der Waals surface area contributed by atoms with E-state index in [1.165, 1.54) is 18.6 Å². The molecule has 0 aliphatic carbocycles. The molecular weight excluding hydrogens is 343 g/mol. The second kappa shape index (κ2) is 7.35. The first kappa shape index (κ1) is 18.2. The van der Waals surface area contributed by atoms with Crippen LogP contribution in [0.3, 0.4) is 0 Å². The third-order valence-corrected chi connectivity index (χ3v) is 4.45. The summed E-state index contributed by atoms with van der Waals surface area (Å²) in [6.07, 6.45) is -0.626. The number of aromatic nitrogens is 1. The highest BCUT2D eigenvalue weighted by atomic mass is 19.4. The fourth-order valence-corrected chi connectivity index (χ4v) is 3.13. The number of piperidine rings is 1. The van der Waals surface area contributed by atoms with Crippen LogP contribution in [0.25, 0.3) is 0 Å². The highest BCUT2D eigenvalue weighted by Gasteiger charge is 2.30. The summed E-state index contributed by atoms with van der Waals surface area (Å²) in [5.74, 6) is 0.0514. The maximum atomic E-state index is 12.8. The smallest absolute Gasteiger partial charge is 0.371 e. The van der Waals surface area contributed by atoms with Crippen LogP contribution >= 0.6 is 0 Å². The van der Waals surface area contributed by atoms with Crippen molar-refractivity contribution in [1.29, 1.82) is 0 Å². The molecule has 2 aromatic rings. The van der Waals surface area contributed by atoms with Gasteiger partial charge in [0.25, 0.3) is 5.91 Å². The van der Waals surface area contributed by atoms with Crippen LogP contribution in [-0.4, -0.2) is 24.0 Å². The molecule has 1 amide bonds. The van der Waals surface area contributed by atoms with E-state index in [0.29, 0.717) is 5.92 Å². The van der Waals surface area contributed by atoms with Crippen molar-refractivity contribution in [2.75, 3.05) is 23.3 Å². The molecule has 4 nitrogen and oxygen atoms in total. The van der Waals surface area contributed by atoms with E-state index >= 15 is 0 Å². The third-order valence-electron chi connectivity index (χ3n) is 4.45. The SMILES string of the molecule is CC1CCCN(c2ccnc(C(=O)Nc3cccc(C(F)(F)F)c3)c2)C1. The molecule has 0 radical (unpaired) electrons. The lowest BCUT2D eigenvalue weighted by Crippen LogP contribution is -2.34. The van der Waals surface area contributed by atoms with Gasteiger partial charge >= 0.3 is 6.18 Å². The van der Waals surface area contributed by atoms with E-state index in [0.717, 1.165) is 37.3 Å². The van der Waals surface area contributed by atoms with Crippen molar-refractivity contribution in [2.45, 2.75) is 25.9 Å². The Balaban J connectivity index is 1.75. The Morgan fingerprint density at radius 3 is 2.81 bits per heavy atom. The van der Waals surface area contributed by atoms with Crippen molar-refractivity contribution in [2.24, 2.45) is 5.92 Å². The van der Waals surface area contributed by atoms with Crippen LogP contribution in [0.15, 0.2) is 42.6 Å². The second-order valence-corrected chi connectivity index (χ2v) is 6.63. The molecule has 2 heterocycles. The fraction of sp³-hybridized carbons (Fsp3) is 0.368. The molecule has 26 heavy (non-hydrogen) atoms. The number of carbonyl (C=O) groups is 1. The fourth-order valence-electron chi connectivity index (χ4n) is 3.13. The summed E-state index contributed by atoms with van der Waals surface area (Å²) in [5.41, 5.74) is 0.363. The number of halogens is 3. The van der Waals surface area contributed by atoms with Gasteiger partial charge in [-0.1, -0.05) is 13.0 Å². The molecule has 1 aliphatic heterocycles. The quantitative estimate of drug-likeness (QED) is 0.868. The Labute approximate surface area is 150 Å². The summed E-state index contributed by atoms with van der Waals surface area (Å²) in [5, 5.41) is 2.49. The molecule has 1 aromatic heterocycles. The van der Waals surface area contributed by atoms with Gasteiger partial charge in [-0.2, -0.15) is 13.2 Å². The number of anilines is 2. The first-order valence-corrected chi connectivity index (χ1v) is 8.52. The van der Waals surface area contributed by atoms with Gasteiger partial charge in [-0.15, -0.1) is 0 Å². The second-order valence-electron chi connectivity index (χ2n) is 6.63. The number of pyridine rings is 1. The number of amides is 1. The number of nitrogens with zero attached hydrogens (tertiary/aromatic N) is 2. The number of alkyl halides is 3. The number of hydrogen-bond donors (Lipinski definition) is 1. The molecule has 3 rings (SSSR count). The lowest BCUT2D eigenvalue weighted by molar-refractivity contribution is -0.137. The zero-order valence-electron chi connectivity index (χ0n) is 14.4. The largest absolute Gasteiger partial charge is 0.416 e. The summed E-state index contributed by atoms with van der Waals surface area (Å²) in [6, 6.07) is 8.08. The van der Waals surface area contributed by atoms with E-state index in [1.807, 2.05) is 6.07 Å². The van der Waals surface area contributed by atoms with Gasteiger partial charge in [0.15, 0.2) is 0 Å². The van der Waals surface area contributed by atoms with Crippen LogP contribution < -0.4 is 10.2 Å². The van der Waals surface area contributed by atoms with Crippen molar-refractivity contribution in [3.05, 3.63) is 53.9 Å². The minimum Gasteiger partial charge on any atom is -0.371 e. The highest BCUT2D eigenvalue weighted by molar-refractivity contribution is 6.03. The van der Waals surface area contributed by atoms with Gasteiger partial charge in [-0.25, -0.2) is 0 Å². The predicted molar refractivity (Wildman–Crippen MR) is 94.2 cm³/mol. The van der Waals surface area contributed by atoms with E-state index in [4.69, 9.17) is 0 Å². The summed E-state index contributed by atoms with van der Waals surface area (Å²) < 4.78 is 38.4. The average Bonchev–Trinajstić information content (AvgIpc) is 2.61. The standard InChI is InChI=1S/C19H20F3N3O/c1-13-4-3-9-25(12-13)16-7-8-23-17(11-16)18(26)24-15-6-2-5-14(10-15)19(20,21)22/h2,5-8,10-11,13H,3-4,9,12H2,1H3,(H,24,26). The minimum atomic E-state index is -4.45. The minimum absolute atomic E-state index is 0.0867. The monoisotopic (exact) mass is 363 g/mol. The van der Waals surface area contributed by atoms with E-state index in [2.05, 4.69) is 22.1 Å². The Bertz CT molecular complexity index is 792. The molecule has 1 unspecified atom stereocenters. The molecule has 1 fully saturated rings. The molecule has 0 spiro atoms. The van der Waals surface area contributed by atoms with Gasteiger partial charge in [0, 0.05) is 30.7 Å². The molecule has 0 saturated carbocycles. The summed E-state index contributed by atoms with van der Waals surface area (Å²) in [4.78, 5) is 18.7. The summed E-state index contributed by atoms with van der Waals surface area (Å²) in [6.45, 7) is 4.02. The normalized spacial score (nSPS) is 17.8. The molecule has 1 saturated heterocycles. The predicted octanol–water partition coefficient (Wildman–Crippen LogP) is 4.59. The molecule has 138 valence electrons. The third kappa shape index (κ3) is 4.33. The van der Waals surface area contributed by atoms with E-state index in [-0.39, 0.29) is 11.4 Å².